The van der Waals surface area contributed by atoms with E-state index in [1.165, 1.54) is 6.33 Å². The van der Waals surface area contributed by atoms with Crippen LogP contribution in [0.3, 0.4) is 0 Å². The Morgan fingerprint density at radius 3 is 2.35 bits per heavy atom. The highest BCUT2D eigenvalue weighted by Crippen LogP contribution is 1.74. The van der Waals surface area contributed by atoms with Crippen molar-refractivity contribution in [1.29, 1.82) is 0 Å². The lowest BCUT2D eigenvalue weighted by Crippen LogP contribution is -2.35. The van der Waals surface area contributed by atoms with Gasteiger partial charge in [0.05, 0.1) is 13.2 Å². The fourth-order valence-electron chi connectivity index (χ4n) is 0.708. The number of aromatic nitrogens is 2. The van der Waals surface area contributed by atoms with E-state index in [9.17, 15) is 9.59 Å². The molecule has 1 rings (SSSR count). The largest absolute Gasteiger partial charge is 0.465 e. The quantitative estimate of drug-likeness (QED) is 0.660. The number of rotatable bonds is 4. The van der Waals surface area contributed by atoms with E-state index in [0.29, 0.717) is 6.61 Å². The van der Waals surface area contributed by atoms with Gasteiger partial charge in [-0.2, -0.15) is 0 Å². The molecule has 7 heteroatoms. The van der Waals surface area contributed by atoms with Crippen molar-refractivity contribution in [2.45, 2.75) is 6.92 Å². The first-order valence-electron chi connectivity index (χ1n) is 5.03. The molecule has 0 unspecified atom stereocenters. The molecule has 7 nitrogen and oxygen atoms in total. The molecule has 1 aromatic heterocycles. The minimum absolute atomic E-state index is 0.107. The van der Waals surface area contributed by atoms with Crippen molar-refractivity contribution in [1.82, 2.24) is 15.3 Å². The zero-order valence-corrected chi connectivity index (χ0v) is 9.63. The molecule has 0 bridgehead atoms. The average molecular weight is 240 g/mol. The molecule has 1 heterocycles. The van der Waals surface area contributed by atoms with Crippen LogP contribution in [0.1, 0.15) is 6.92 Å². The van der Waals surface area contributed by atoms with E-state index in [2.05, 4.69) is 20.0 Å². The minimum Gasteiger partial charge on any atom is -0.465 e. The molecule has 0 fully saturated rings. The van der Waals surface area contributed by atoms with Gasteiger partial charge in [0, 0.05) is 12.4 Å². The second-order valence-corrected chi connectivity index (χ2v) is 2.69. The van der Waals surface area contributed by atoms with Crippen LogP contribution in [0.2, 0.25) is 0 Å². The number of nitrogens with zero attached hydrogens (tertiary/aromatic N) is 2. The third kappa shape index (κ3) is 10.3. The van der Waals surface area contributed by atoms with Gasteiger partial charge >= 0.3 is 5.97 Å². The molecule has 0 aliphatic rings. The van der Waals surface area contributed by atoms with Crippen LogP contribution in [0.25, 0.3) is 0 Å². The Morgan fingerprint density at radius 2 is 2.00 bits per heavy atom. The van der Waals surface area contributed by atoms with Gasteiger partial charge in [-0.05, 0) is 13.0 Å². The number of nitrogens with one attached hydrogen (secondary N) is 1. The van der Waals surface area contributed by atoms with E-state index in [4.69, 9.17) is 5.73 Å². The Balaban J connectivity index is 0.000000354. The first-order valence-corrected chi connectivity index (χ1v) is 5.03. The minimum atomic E-state index is -0.450. The summed E-state index contributed by atoms with van der Waals surface area (Å²) in [6, 6.07) is 1.78. The predicted octanol–water partition coefficient (Wildman–Crippen LogP) is -0.899. The van der Waals surface area contributed by atoms with E-state index in [1.54, 1.807) is 25.4 Å². The van der Waals surface area contributed by atoms with E-state index in [-0.39, 0.29) is 19.0 Å². The molecule has 94 valence electrons. The lowest BCUT2D eigenvalue weighted by molar-refractivity contribution is -0.143. The Morgan fingerprint density at radius 1 is 1.35 bits per heavy atom. The molecule has 1 aromatic rings. The summed E-state index contributed by atoms with van der Waals surface area (Å²) in [6.45, 7) is 1.79. The van der Waals surface area contributed by atoms with Crippen LogP contribution in [-0.4, -0.2) is 41.5 Å². The number of ether oxygens (including phenoxy) is 1. The van der Waals surface area contributed by atoms with Gasteiger partial charge in [-0.25, -0.2) is 9.97 Å². The summed E-state index contributed by atoms with van der Waals surface area (Å²) in [5.41, 5.74) is 4.97. The van der Waals surface area contributed by atoms with Crippen molar-refractivity contribution in [2.75, 3.05) is 19.7 Å². The fraction of sp³-hybridized carbons (Fsp3) is 0.400. The summed E-state index contributed by atoms with van der Waals surface area (Å²) in [6.07, 6.45) is 4.88. The Kier molecular flexibility index (Phi) is 9.25. The first kappa shape index (κ1) is 15.0. The van der Waals surface area contributed by atoms with Gasteiger partial charge in [-0.15, -0.1) is 0 Å². The summed E-state index contributed by atoms with van der Waals surface area (Å²) >= 11 is 0. The van der Waals surface area contributed by atoms with Gasteiger partial charge in [-0.1, -0.05) is 0 Å². The van der Waals surface area contributed by atoms with Gasteiger partial charge < -0.3 is 15.8 Å². The molecular formula is C10H16N4O3. The number of carbonyl (C=O) groups is 2. The Labute approximate surface area is 99.4 Å². The fourth-order valence-corrected chi connectivity index (χ4v) is 0.708. The molecule has 0 atom stereocenters. The SMILES string of the molecule is CCOC(=O)CNC(=O)CN.c1cncnc1. The van der Waals surface area contributed by atoms with Gasteiger partial charge in [-0.3, -0.25) is 9.59 Å². The number of nitrogens with two attached hydrogens (primary N) is 1. The van der Waals surface area contributed by atoms with Crippen LogP contribution < -0.4 is 11.1 Å². The van der Waals surface area contributed by atoms with Gasteiger partial charge in [0.1, 0.15) is 12.9 Å². The van der Waals surface area contributed by atoms with Gasteiger partial charge in [0.25, 0.3) is 0 Å². The van der Waals surface area contributed by atoms with Crippen LogP contribution in [0.4, 0.5) is 0 Å². The van der Waals surface area contributed by atoms with Crippen LogP contribution >= 0.6 is 0 Å². The molecule has 3 N–H and O–H groups in total. The van der Waals surface area contributed by atoms with Gasteiger partial charge in [0.2, 0.25) is 5.91 Å². The predicted molar refractivity (Wildman–Crippen MR) is 60.7 cm³/mol. The smallest absolute Gasteiger partial charge is 0.325 e. The van der Waals surface area contributed by atoms with Gasteiger partial charge in [0.15, 0.2) is 0 Å². The number of hydrogen-bond acceptors (Lipinski definition) is 6. The second kappa shape index (κ2) is 10.5. The molecule has 0 aromatic carbocycles. The first-order chi connectivity index (χ1) is 8.20. The van der Waals surface area contributed by atoms with Crippen molar-refractivity contribution in [3.63, 3.8) is 0 Å². The van der Waals surface area contributed by atoms with E-state index < -0.39 is 5.97 Å². The highest BCUT2D eigenvalue weighted by molar-refractivity contribution is 5.82. The maximum atomic E-state index is 10.6. The highest BCUT2D eigenvalue weighted by atomic mass is 16.5. The second-order valence-electron chi connectivity index (χ2n) is 2.69. The van der Waals surface area contributed by atoms with E-state index >= 15 is 0 Å². The van der Waals surface area contributed by atoms with E-state index in [1.807, 2.05) is 0 Å². The van der Waals surface area contributed by atoms with Crippen molar-refractivity contribution in [3.05, 3.63) is 24.8 Å². The van der Waals surface area contributed by atoms with Crippen LogP contribution in [0, 0.1) is 0 Å². The Bertz CT molecular complexity index is 292. The summed E-state index contributed by atoms with van der Waals surface area (Å²) in [5.74, 6) is -0.813. The molecule has 1 amide bonds. The Hall–Kier alpha value is -2.02. The number of amides is 1. The molecular weight excluding hydrogens is 224 g/mol. The van der Waals surface area contributed by atoms with Crippen LogP contribution in [0.15, 0.2) is 24.8 Å². The van der Waals surface area contributed by atoms with Crippen molar-refractivity contribution in [2.24, 2.45) is 5.73 Å². The van der Waals surface area contributed by atoms with Crippen molar-refractivity contribution < 1.29 is 14.3 Å². The summed E-state index contributed by atoms with van der Waals surface area (Å²) < 4.78 is 4.54. The topological polar surface area (TPSA) is 107 Å². The normalized spacial score (nSPS) is 8.59. The molecule has 0 aliphatic carbocycles. The molecule has 17 heavy (non-hydrogen) atoms. The average Bonchev–Trinajstić information content (AvgIpc) is 2.39. The number of esters is 1. The molecule has 0 spiro atoms. The monoisotopic (exact) mass is 240 g/mol. The van der Waals surface area contributed by atoms with Crippen LogP contribution in [-0.2, 0) is 14.3 Å². The van der Waals surface area contributed by atoms with E-state index in [0.717, 1.165) is 0 Å². The third-order valence-electron chi connectivity index (χ3n) is 1.40. The number of hydrogen-bond donors (Lipinski definition) is 2. The number of carbonyl (C=O) groups excluding carboxylic acids is 2. The van der Waals surface area contributed by atoms with Crippen molar-refractivity contribution >= 4 is 11.9 Å². The molecule has 0 aliphatic heterocycles. The zero-order chi connectivity index (χ0) is 12.9. The summed E-state index contributed by atoms with van der Waals surface area (Å²) in [7, 11) is 0. The summed E-state index contributed by atoms with van der Waals surface area (Å²) in [4.78, 5) is 28.4. The maximum Gasteiger partial charge on any atom is 0.325 e. The lowest BCUT2D eigenvalue weighted by atomic mass is 10.5. The standard InChI is InChI=1S/C6H12N2O3.C4H4N2/c1-2-11-6(10)4-8-5(9)3-7;1-2-5-4-6-3-1/h2-4,7H2,1H3,(H,8,9);1-4H. The summed E-state index contributed by atoms with van der Waals surface area (Å²) in [5, 5.41) is 2.28. The van der Waals surface area contributed by atoms with Crippen LogP contribution in [0.5, 0.6) is 0 Å². The molecule has 0 radical (unpaired) electrons. The maximum absolute atomic E-state index is 10.6. The highest BCUT2D eigenvalue weighted by Gasteiger charge is 2.02. The third-order valence-corrected chi connectivity index (χ3v) is 1.40. The lowest BCUT2D eigenvalue weighted by Gasteiger charge is -2.02. The van der Waals surface area contributed by atoms with Crippen molar-refractivity contribution in [3.8, 4) is 0 Å². The molecule has 0 saturated heterocycles. The zero-order valence-electron chi connectivity index (χ0n) is 9.63. The molecule has 0 saturated carbocycles.